The van der Waals surface area contributed by atoms with Gasteiger partial charge in [-0.3, -0.25) is 4.79 Å². The number of carbonyl (C=O) groups is 1. The third kappa shape index (κ3) is 3.49. The molecule has 0 aliphatic heterocycles. The van der Waals surface area contributed by atoms with Crippen LogP contribution in [0.5, 0.6) is 11.5 Å². The second-order valence-electron chi connectivity index (χ2n) is 4.12. The lowest BCUT2D eigenvalue weighted by molar-refractivity contribution is 0.102. The first kappa shape index (κ1) is 15.7. The molecule has 0 fully saturated rings. The monoisotopic (exact) mass is 369 g/mol. The number of hydrogen-bond donors (Lipinski definition) is 1. The second kappa shape index (κ2) is 6.83. The fraction of sp³-hybridized carbons (Fsp3) is 0.133. The number of amides is 1. The molecule has 110 valence electrons. The van der Waals surface area contributed by atoms with Crippen molar-refractivity contribution in [3.63, 3.8) is 0 Å². The van der Waals surface area contributed by atoms with Gasteiger partial charge in [-0.05, 0) is 46.3 Å². The molecule has 0 aliphatic rings. The van der Waals surface area contributed by atoms with Crippen molar-refractivity contribution in [2.24, 2.45) is 0 Å². The van der Waals surface area contributed by atoms with Gasteiger partial charge in [-0.15, -0.1) is 0 Å². The molecule has 0 bridgehead atoms. The van der Waals surface area contributed by atoms with Crippen molar-refractivity contribution >= 4 is 39.1 Å². The molecular formula is C15H13BrClNO3. The lowest BCUT2D eigenvalue weighted by Gasteiger charge is -2.13. The van der Waals surface area contributed by atoms with E-state index >= 15 is 0 Å². The van der Waals surface area contributed by atoms with E-state index in [0.29, 0.717) is 32.2 Å². The second-order valence-corrected chi connectivity index (χ2v) is 5.38. The maximum Gasteiger partial charge on any atom is 0.263 e. The minimum Gasteiger partial charge on any atom is -0.496 e. The summed E-state index contributed by atoms with van der Waals surface area (Å²) >= 11 is 9.25. The largest absolute Gasteiger partial charge is 0.496 e. The molecule has 0 radical (unpaired) electrons. The van der Waals surface area contributed by atoms with Gasteiger partial charge in [0.05, 0.1) is 19.2 Å². The number of carbonyl (C=O) groups excluding carboxylic acids is 1. The van der Waals surface area contributed by atoms with E-state index < -0.39 is 0 Å². The topological polar surface area (TPSA) is 47.6 Å². The Kier molecular flexibility index (Phi) is 5.09. The van der Waals surface area contributed by atoms with Gasteiger partial charge in [0.25, 0.3) is 5.91 Å². The number of nitrogens with one attached hydrogen (secondary N) is 1. The third-order valence-corrected chi connectivity index (χ3v) is 4.05. The Labute approximate surface area is 136 Å². The first-order valence-electron chi connectivity index (χ1n) is 6.04. The first-order valence-corrected chi connectivity index (χ1v) is 7.21. The molecule has 1 N–H and O–H groups in total. The van der Waals surface area contributed by atoms with Gasteiger partial charge in [0, 0.05) is 10.2 Å². The van der Waals surface area contributed by atoms with E-state index in [2.05, 4.69) is 21.2 Å². The lowest BCUT2D eigenvalue weighted by Crippen LogP contribution is -2.14. The van der Waals surface area contributed by atoms with Crippen LogP contribution in [0.3, 0.4) is 0 Å². The SMILES string of the molecule is COc1cccc(OC)c1C(=O)Nc1ccc(Cl)c(Br)c1. The maximum absolute atomic E-state index is 12.5. The van der Waals surface area contributed by atoms with E-state index in [9.17, 15) is 4.79 Å². The number of rotatable bonds is 4. The molecule has 1 amide bonds. The number of anilines is 1. The average molecular weight is 371 g/mol. The number of hydrogen-bond acceptors (Lipinski definition) is 3. The molecule has 6 heteroatoms. The zero-order valence-electron chi connectivity index (χ0n) is 11.4. The summed E-state index contributed by atoms with van der Waals surface area (Å²) in [5.41, 5.74) is 0.956. The van der Waals surface area contributed by atoms with Crippen LogP contribution in [0.15, 0.2) is 40.9 Å². The molecule has 4 nitrogen and oxygen atoms in total. The molecule has 0 unspecified atom stereocenters. The molecule has 0 spiro atoms. The zero-order chi connectivity index (χ0) is 15.4. The number of halogens is 2. The molecule has 0 atom stereocenters. The standard InChI is InChI=1S/C15H13BrClNO3/c1-20-12-4-3-5-13(21-2)14(12)15(19)18-9-6-7-11(17)10(16)8-9/h3-8H,1-2H3,(H,18,19). The van der Waals surface area contributed by atoms with Crippen LogP contribution < -0.4 is 14.8 Å². The van der Waals surface area contributed by atoms with Crippen LogP contribution >= 0.6 is 27.5 Å². The van der Waals surface area contributed by atoms with Crippen molar-refractivity contribution in [1.29, 1.82) is 0 Å². The van der Waals surface area contributed by atoms with Crippen LogP contribution in [-0.2, 0) is 0 Å². The van der Waals surface area contributed by atoms with E-state index in [1.807, 2.05) is 0 Å². The molecule has 0 saturated heterocycles. The quantitative estimate of drug-likeness (QED) is 0.869. The van der Waals surface area contributed by atoms with E-state index in [4.69, 9.17) is 21.1 Å². The van der Waals surface area contributed by atoms with Gasteiger partial charge >= 0.3 is 0 Å². The Hall–Kier alpha value is -1.72. The van der Waals surface area contributed by atoms with Crippen molar-refractivity contribution in [3.05, 3.63) is 51.5 Å². The van der Waals surface area contributed by atoms with Crippen LogP contribution in [0.4, 0.5) is 5.69 Å². The van der Waals surface area contributed by atoms with Crippen LogP contribution in [0.25, 0.3) is 0 Å². The van der Waals surface area contributed by atoms with Crippen molar-refractivity contribution in [3.8, 4) is 11.5 Å². The van der Waals surface area contributed by atoms with Gasteiger partial charge < -0.3 is 14.8 Å². The molecule has 2 rings (SSSR count). The highest BCUT2D eigenvalue weighted by atomic mass is 79.9. The van der Waals surface area contributed by atoms with Gasteiger partial charge in [-0.2, -0.15) is 0 Å². The van der Waals surface area contributed by atoms with Gasteiger partial charge in [-0.25, -0.2) is 0 Å². The molecule has 0 saturated carbocycles. The summed E-state index contributed by atoms with van der Waals surface area (Å²) in [6.45, 7) is 0. The Morgan fingerprint density at radius 1 is 1.14 bits per heavy atom. The average Bonchev–Trinajstić information content (AvgIpc) is 2.49. The Balaban J connectivity index is 2.34. The highest BCUT2D eigenvalue weighted by Gasteiger charge is 2.18. The predicted molar refractivity (Wildman–Crippen MR) is 86.7 cm³/mol. The Morgan fingerprint density at radius 3 is 2.29 bits per heavy atom. The summed E-state index contributed by atoms with van der Waals surface area (Å²) in [4.78, 5) is 12.5. The van der Waals surface area contributed by atoms with Crippen molar-refractivity contribution in [1.82, 2.24) is 0 Å². The molecule has 0 aromatic heterocycles. The number of ether oxygens (including phenoxy) is 2. The summed E-state index contributed by atoms with van der Waals surface area (Å²) in [5.74, 6) is 0.568. The summed E-state index contributed by atoms with van der Waals surface area (Å²) < 4.78 is 11.1. The van der Waals surface area contributed by atoms with E-state index in [1.54, 1.807) is 36.4 Å². The minimum atomic E-state index is -0.321. The Morgan fingerprint density at radius 2 is 1.76 bits per heavy atom. The summed E-state index contributed by atoms with van der Waals surface area (Å²) in [5, 5.41) is 3.36. The summed E-state index contributed by atoms with van der Waals surface area (Å²) in [7, 11) is 3.01. The van der Waals surface area contributed by atoms with Crippen LogP contribution in [0, 0.1) is 0 Å². The van der Waals surface area contributed by atoms with Gasteiger partial charge in [-0.1, -0.05) is 17.7 Å². The Bertz CT molecular complexity index is 654. The van der Waals surface area contributed by atoms with Crippen LogP contribution in [0.1, 0.15) is 10.4 Å². The van der Waals surface area contributed by atoms with E-state index in [-0.39, 0.29) is 5.91 Å². The molecule has 2 aromatic rings. The highest BCUT2D eigenvalue weighted by molar-refractivity contribution is 9.10. The number of methoxy groups -OCH3 is 2. The van der Waals surface area contributed by atoms with Crippen molar-refractivity contribution in [2.75, 3.05) is 19.5 Å². The van der Waals surface area contributed by atoms with Crippen LogP contribution in [-0.4, -0.2) is 20.1 Å². The lowest BCUT2D eigenvalue weighted by atomic mass is 10.1. The first-order chi connectivity index (χ1) is 10.1. The fourth-order valence-corrected chi connectivity index (χ4v) is 2.34. The summed E-state index contributed by atoms with van der Waals surface area (Å²) in [6, 6.07) is 10.3. The molecule has 21 heavy (non-hydrogen) atoms. The predicted octanol–water partition coefficient (Wildman–Crippen LogP) is 4.37. The number of benzene rings is 2. The smallest absolute Gasteiger partial charge is 0.263 e. The minimum absolute atomic E-state index is 0.321. The zero-order valence-corrected chi connectivity index (χ0v) is 13.8. The molecule has 0 heterocycles. The normalized spacial score (nSPS) is 10.1. The van der Waals surface area contributed by atoms with Crippen LogP contribution in [0.2, 0.25) is 5.02 Å². The van der Waals surface area contributed by atoms with E-state index in [0.717, 1.165) is 0 Å². The van der Waals surface area contributed by atoms with Gasteiger partial charge in [0.2, 0.25) is 0 Å². The molecular weight excluding hydrogens is 358 g/mol. The van der Waals surface area contributed by atoms with E-state index in [1.165, 1.54) is 14.2 Å². The molecule has 2 aromatic carbocycles. The van der Waals surface area contributed by atoms with Crippen molar-refractivity contribution < 1.29 is 14.3 Å². The van der Waals surface area contributed by atoms with Gasteiger partial charge in [0.15, 0.2) is 0 Å². The third-order valence-electron chi connectivity index (χ3n) is 2.83. The summed E-state index contributed by atoms with van der Waals surface area (Å²) in [6.07, 6.45) is 0. The fourth-order valence-electron chi connectivity index (χ4n) is 1.84. The highest BCUT2D eigenvalue weighted by Crippen LogP contribution is 2.30. The maximum atomic E-state index is 12.5. The van der Waals surface area contributed by atoms with Gasteiger partial charge in [0.1, 0.15) is 17.1 Å². The molecule has 0 aliphatic carbocycles. The van der Waals surface area contributed by atoms with Crippen molar-refractivity contribution in [2.45, 2.75) is 0 Å².